The van der Waals surface area contributed by atoms with Gasteiger partial charge in [-0.15, -0.1) is 0 Å². The molecule has 0 saturated heterocycles. The van der Waals surface area contributed by atoms with Gasteiger partial charge < -0.3 is 15.4 Å². The molecule has 1 aliphatic rings. The first-order chi connectivity index (χ1) is 10.6. The van der Waals surface area contributed by atoms with Crippen LogP contribution >= 0.6 is 0 Å². The van der Waals surface area contributed by atoms with Gasteiger partial charge in [0, 0.05) is 30.8 Å². The Hall–Kier alpha value is -2.21. The van der Waals surface area contributed by atoms with E-state index in [-0.39, 0.29) is 25.1 Å². The zero-order valence-corrected chi connectivity index (χ0v) is 12.4. The highest BCUT2D eigenvalue weighted by Gasteiger charge is 2.31. The number of benzene rings is 1. The Bertz CT molecular complexity index is 597. The molecule has 0 radical (unpaired) electrons. The number of nitrogens with two attached hydrogens (primary N) is 1. The van der Waals surface area contributed by atoms with Crippen LogP contribution in [-0.4, -0.2) is 43.3 Å². The third-order valence-electron chi connectivity index (χ3n) is 3.64. The molecular formula is C16H19FN2O3. The molecule has 0 bridgehead atoms. The minimum atomic E-state index is -0.213. The van der Waals surface area contributed by atoms with Gasteiger partial charge in [0.05, 0.1) is 11.9 Å². The van der Waals surface area contributed by atoms with Gasteiger partial charge in [0.25, 0.3) is 5.91 Å². The van der Waals surface area contributed by atoms with Crippen molar-refractivity contribution in [2.45, 2.75) is 18.9 Å². The van der Waals surface area contributed by atoms with Crippen LogP contribution in [0.25, 0.3) is 0 Å². The molecule has 22 heavy (non-hydrogen) atoms. The molecule has 0 unspecified atom stereocenters. The number of amides is 1. The van der Waals surface area contributed by atoms with E-state index in [2.05, 4.69) is 0 Å². The monoisotopic (exact) mass is 306 g/mol. The number of hydrogen-bond acceptors (Lipinski definition) is 4. The highest BCUT2D eigenvalue weighted by atomic mass is 19.1. The molecule has 1 fully saturated rings. The molecule has 0 aliphatic heterocycles. The van der Waals surface area contributed by atoms with Crippen molar-refractivity contribution in [2.75, 3.05) is 20.2 Å². The molecule has 0 heterocycles. The molecule has 1 aromatic rings. The highest BCUT2D eigenvalue weighted by Crippen LogP contribution is 2.28. The highest BCUT2D eigenvalue weighted by molar-refractivity contribution is 6.02. The zero-order valence-electron chi connectivity index (χ0n) is 12.4. The van der Waals surface area contributed by atoms with Crippen LogP contribution in [0.1, 0.15) is 33.6 Å². The number of halogens is 1. The number of rotatable bonds is 7. The largest absolute Gasteiger partial charge is 0.489 e. The number of nitrogens with zero attached hydrogens (tertiary/aromatic N) is 1. The molecule has 1 aliphatic carbocycles. The standard InChI is InChI=1S/C16H19FN2O3/c1-19(13-3-4-13)16(21)15-6-14(5-2-12(15)9-20)22-10-11(7-17)8-18/h2,5-7,9,13H,3-4,8,10,18H2,1H3/b11-7+. The van der Waals surface area contributed by atoms with Crippen LogP contribution in [0.5, 0.6) is 5.75 Å². The zero-order chi connectivity index (χ0) is 16.1. The first-order valence-electron chi connectivity index (χ1n) is 7.08. The van der Waals surface area contributed by atoms with Crippen molar-refractivity contribution in [3.05, 3.63) is 41.2 Å². The maximum Gasteiger partial charge on any atom is 0.254 e. The van der Waals surface area contributed by atoms with Gasteiger partial charge in [0.15, 0.2) is 6.29 Å². The van der Waals surface area contributed by atoms with Crippen LogP contribution in [-0.2, 0) is 0 Å². The maximum atomic E-state index is 12.5. The second-order valence-electron chi connectivity index (χ2n) is 5.27. The molecule has 1 aromatic carbocycles. The molecule has 1 saturated carbocycles. The number of ether oxygens (including phenoxy) is 1. The van der Waals surface area contributed by atoms with Crippen LogP contribution in [0.15, 0.2) is 30.1 Å². The lowest BCUT2D eigenvalue weighted by Crippen LogP contribution is -2.29. The van der Waals surface area contributed by atoms with Gasteiger partial charge >= 0.3 is 0 Å². The molecule has 6 heteroatoms. The van der Waals surface area contributed by atoms with E-state index in [1.54, 1.807) is 18.0 Å². The van der Waals surface area contributed by atoms with Crippen molar-refractivity contribution < 1.29 is 18.7 Å². The molecule has 5 nitrogen and oxygen atoms in total. The maximum absolute atomic E-state index is 12.5. The summed E-state index contributed by atoms with van der Waals surface area (Å²) in [7, 11) is 1.72. The average Bonchev–Trinajstić information content (AvgIpc) is 3.39. The summed E-state index contributed by atoms with van der Waals surface area (Å²) in [5.41, 5.74) is 6.27. The Morgan fingerprint density at radius 2 is 2.23 bits per heavy atom. The predicted molar refractivity (Wildman–Crippen MR) is 80.7 cm³/mol. The van der Waals surface area contributed by atoms with Crippen LogP contribution in [0.2, 0.25) is 0 Å². The van der Waals surface area contributed by atoms with Crippen molar-refractivity contribution in [2.24, 2.45) is 5.73 Å². The Morgan fingerprint density at radius 3 is 2.77 bits per heavy atom. The molecule has 0 aromatic heterocycles. The number of aldehydes is 1. The van der Waals surface area contributed by atoms with Gasteiger partial charge in [-0.25, -0.2) is 4.39 Å². The summed E-state index contributed by atoms with van der Waals surface area (Å²) in [6.07, 6.45) is 3.02. The topological polar surface area (TPSA) is 72.6 Å². The molecule has 0 spiro atoms. The van der Waals surface area contributed by atoms with Gasteiger partial charge in [-0.1, -0.05) is 0 Å². The molecule has 2 N–H and O–H groups in total. The normalized spacial score (nSPS) is 14.6. The summed E-state index contributed by atoms with van der Waals surface area (Å²) in [5, 5.41) is 0. The smallest absolute Gasteiger partial charge is 0.254 e. The third-order valence-corrected chi connectivity index (χ3v) is 3.64. The van der Waals surface area contributed by atoms with Gasteiger partial charge in [0.1, 0.15) is 12.4 Å². The first kappa shape index (κ1) is 16.2. The Balaban J connectivity index is 2.18. The molecule has 118 valence electrons. The van der Waals surface area contributed by atoms with Crippen molar-refractivity contribution >= 4 is 12.2 Å². The fourth-order valence-electron chi connectivity index (χ4n) is 2.04. The van der Waals surface area contributed by atoms with E-state index < -0.39 is 0 Å². The van der Waals surface area contributed by atoms with Gasteiger partial charge in [-0.05, 0) is 31.0 Å². The van der Waals surface area contributed by atoms with Crippen molar-refractivity contribution in [3.63, 3.8) is 0 Å². The second kappa shape index (κ2) is 7.17. The second-order valence-corrected chi connectivity index (χ2v) is 5.27. The minimum absolute atomic E-state index is 0.000466. The Kier molecular flexibility index (Phi) is 5.27. The fourth-order valence-corrected chi connectivity index (χ4v) is 2.04. The van der Waals surface area contributed by atoms with Crippen LogP contribution in [0, 0.1) is 0 Å². The SMILES string of the molecule is CN(C(=O)c1cc(OC/C(=C/F)CN)ccc1C=O)C1CC1. The van der Waals surface area contributed by atoms with E-state index in [1.165, 1.54) is 12.1 Å². The summed E-state index contributed by atoms with van der Waals surface area (Å²) < 4.78 is 17.9. The van der Waals surface area contributed by atoms with Crippen molar-refractivity contribution in [3.8, 4) is 5.75 Å². The first-order valence-corrected chi connectivity index (χ1v) is 7.08. The van der Waals surface area contributed by atoms with E-state index >= 15 is 0 Å². The molecule has 1 amide bonds. The van der Waals surface area contributed by atoms with E-state index in [1.807, 2.05) is 0 Å². The summed E-state index contributed by atoms with van der Waals surface area (Å²) in [6, 6.07) is 4.86. The van der Waals surface area contributed by atoms with E-state index in [0.717, 1.165) is 12.8 Å². The number of carbonyl (C=O) groups excluding carboxylic acids is 2. The summed E-state index contributed by atoms with van der Waals surface area (Å²) in [6.45, 7) is 0.0542. The molecule has 2 rings (SSSR count). The summed E-state index contributed by atoms with van der Waals surface area (Å²) in [4.78, 5) is 25.2. The fraction of sp³-hybridized carbons (Fsp3) is 0.375. The number of hydrogen-bond donors (Lipinski definition) is 1. The van der Waals surface area contributed by atoms with E-state index in [4.69, 9.17) is 10.5 Å². The van der Waals surface area contributed by atoms with E-state index in [9.17, 15) is 14.0 Å². The van der Waals surface area contributed by atoms with Crippen molar-refractivity contribution in [1.82, 2.24) is 4.90 Å². The van der Waals surface area contributed by atoms with E-state index in [0.29, 0.717) is 35.1 Å². The lowest BCUT2D eigenvalue weighted by molar-refractivity contribution is 0.0781. The van der Waals surface area contributed by atoms with Gasteiger partial charge in [-0.2, -0.15) is 0 Å². The quantitative estimate of drug-likeness (QED) is 0.781. The van der Waals surface area contributed by atoms with Crippen LogP contribution in [0.3, 0.4) is 0 Å². The van der Waals surface area contributed by atoms with Crippen LogP contribution in [0.4, 0.5) is 4.39 Å². The van der Waals surface area contributed by atoms with Gasteiger partial charge in [-0.3, -0.25) is 9.59 Å². The average molecular weight is 306 g/mol. The third kappa shape index (κ3) is 3.71. The lowest BCUT2D eigenvalue weighted by atomic mass is 10.1. The van der Waals surface area contributed by atoms with Gasteiger partial charge in [0.2, 0.25) is 0 Å². The lowest BCUT2D eigenvalue weighted by Gasteiger charge is -2.18. The minimum Gasteiger partial charge on any atom is -0.489 e. The summed E-state index contributed by atoms with van der Waals surface area (Å²) in [5.74, 6) is 0.182. The number of carbonyl (C=O) groups is 2. The Labute approximate surface area is 128 Å². The summed E-state index contributed by atoms with van der Waals surface area (Å²) >= 11 is 0. The Morgan fingerprint density at radius 1 is 1.50 bits per heavy atom. The molecule has 0 atom stereocenters. The molecular weight excluding hydrogens is 287 g/mol. The predicted octanol–water partition coefficient (Wildman–Crippen LogP) is 1.92. The van der Waals surface area contributed by atoms with Crippen LogP contribution < -0.4 is 10.5 Å². The van der Waals surface area contributed by atoms with Crippen molar-refractivity contribution in [1.29, 1.82) is 0 Å².